The average molecular weight is 246 g/mol. The second kappa shape index (κ2) is 3.74. The molecule has 0 atom stereocenters. The van der Waals surface area contributed by atoms with Crippen molar-refractivity contribution in [1.29, 1.82) is 0 Å². The standard InChI is InChI=1S/C11H10N4OS/c12-10(16)8-6-13-15-7-9(17-11(8)15)14-4-2-1-3-5-14/h1-4,6-7H,5H2,(H2,12,16). The molecule has 1 aliphatic heterocycles. The van der Waals surface area contributed by atoms with Crippen LogP contribution in [0.5, 0.6) is 0 Å². The van der Waals surface area contributed by atoms with Gasteiger partial charge in [-0.05, 0) is 6.08 Å². The molecule has 1 amide bonds. The van der Waals surface area contributed by atoms with Crippen LogP contribution in [0.15, 0.2) is 36.8 Å². The summed E-state index contributed by atoms with van der Waals surface area (Å²) in [4.78, 5) is 14.1. The Morgan fingerprint density at radius 2 is 2.35 bits per heavy atom. The number of rotatable bonds is 2. The Morgan fingerprint density at radius 1 is 1.47 bits per heavy atom. The highest BCUT2D eigenvalue weighted by Crippen LogP contribution is 2.29. The second-order valence-electron chi connectivity index (χ2n) is 3.66. The van der Waals surface area contributed by atoms with Gasteiger partial charge in [0.1, 0.15) is 9.83 Å². The van der Waals surface area contributed by atoms with Gasteiger partial charge in [0.05, 0.1) is 18.0 Å². The van der Waals surface area contributed by atoms with Crippen molar-refractivity contribution < 1.29 is 4.79 Å². The van der Waals surface area contributed by atoms with Crippen LogP contribution in [0.3, 0.4) is 0 Å². The van der Waals surface area contributed by atoms with E-state index in [-0.39, 0.29) is 0 Å². The van der Waals surface area contributed by atoms with Crippen molar-refractivity contribution in [2.75, 3.05) is 11.4 Å². The lowest BCUT2D eigenvalue weighted by molar-refractivity contribution is 0.100. The van der Waals surface area contributed by atoms with Crippen molar-refractivity contribution in [3.8, 4) is 0 Å². The zero-order valence-corrected chi connectivity index (χ0v) is 9.72. The molecule has 0 aliphatic carbocycles. The summed E-state index contributed by atoms with van der Waals surface area (Å²) in [6.07, 6.45) is 11.4. The molecule has 0 unspecified atom stereocenters. The van der Waals surface area contributed by atoms with Crippen LogP contribution in [0.1, 0.15) is 10.4 Å². The summed E-state index contributed by atoms with van der Waals surface area (Å²) in [5.41, 5.74) is 5.76. The minimum absolute atomic E-state index is 0.442. The van der Waals surface area contributed by atoms with Crippen molar-refractivity contribution in [3.63, 3.8) is 0 Å². The SMILES string of the molecule is NC(=O)c1cnn2cc(N3C=CC=CC3)sc12. The summed E-state index contributed by atoms with van der Waals surface area (Å²) < 4.78 is 1.69. The third-order valence-electron chi connectivity index (χ3n) is 2.55. The van der Waals surface area contributed by atoms with Crippen LogP contribution >= 0.6 is 11.3 Å². The van der Waals surface area contributed by atoms with E-state index >= 15 is 0 Å². The summed E-state index contributed by atoms with van der Waals surface area (Å²) in [6, 6.07) is 0. The fourth-order valence-corrected chi connectivity index (χ4v) is 2.77. The molecule has 3 rings (SSSR count). The number of carbonyl (C=O) groups is 1. The molecule has 2 aromatic heterocycles. The third kappa shape index (κ3) is 1.62. The Bertz CT molecular complexity index is 637. The molecule has 86 valence electrons. The number of nitrogens with zero attached hydrogens (tertiary/aromatic N) is 3. The van der Waals surface area contributed by atoms with Gasteiger partial charge in [0.15, 0.2) is 0 Å². The van der Waals surface area contributed by atoms with Gasteiger partial charge in [-0.25, -0.2) is 4.52 Å². The number of nitrogens with two attached hydrogens (primary N) is 1. The molecule has 0 bridgehead atoms. The summed E-state index contributed by atoms with van der Waals surface area (Å²) in [6.45, 7) is 0.825. The van der Waals surface area contributed by atoms with Gasteiger partial charge in [-0.1, -0.05) is 23.5 Å². The number of amides is 1. The van der Waals surface area contributed by atoms with Gasteiger partial charge < -0.3 is 10.6 Å². The van der Waals surface area contributed by atoms with Gasteiger partial charge in [-0.3, -0.25) is 4.79 Å². The molecule has 3 heterocycles. The maximum Gasteiger partial charge on any atom is 0.253 e. The fourth-order valence-electron chi connectivity index (χ4n) is 1.71. The number of primary amides is 1. The van der Waals surface area contributed by atoms with E-state index in [4.69, 9.17) is 5.73 Å². The highest BCUT2D eigenvalue weighted by atomic mass is 32.1. The van der Waals surface area contributed by atoms with Gasteiger partial charge in [0, 0.05) is 12.7 Å². The average Bonchev–Trinajstić information content (AvgIpc) is 2.88. The van der Waals surface area contributed by atoms with E-state index < -0.39 is 5.91 Å². The first-order valence-corrected chi connectivity index (χ1v) is 5.94. The molecule has 2 aromatic rings. The highest BCUT2D eigenvalue weighted by Gasteiger charge is 2.15. The maximum atomic E-state index is 11.2. The minimum Gasteiger partial charge on any atom is -0.365 e. The van der Waals surface area contributed by atoms with E-state index in [9.17, 15) is 4.79 Å². The van der Waals surface area contributed by atoms with Crippen molar-refractivity contribution in [3.05, 3.63) is 42.4 Å². The van der Waals surface area contributed by atoms with E-state index in [1.807, 2.05) is 24.5 Å². The van der Waals surface area contributed by atoms with Gasteiger partial charge in [0.2, 0.25) is 0 Å². The number of hydrogen-bond acceptors (Lipinski definition) is 4. The number of hydrogen-bond donors (Lipinski definition) is 1. The minimum atomic E-state index is -0.442. The Hall–Kier alpha value is -2.08. The molecule has 0 aromatic carbocycles. The number of thiazole rings is 1. The number of carbonyl (C=O) groups excluding carboxylic acids is 1. The van der Waals surface area contributed by atoms with Crippen LogP contribution in [0.25, 0.3) is 4.83 Å². The van der Waals surface area contributed by atoms with E-state index in [0.29, 0.717) is 5.56 Å². The van der Waals surface area contributed by atoms with Gasteiger partial charge in [-0.2, -0.15) is 5.10 Å². The lowest BCUT2D eigenvalue weighted by Crippen LogP contribution is -2.16. The van der Waals surface area contributed by atoms with E-state index in [1.165, 1.54) is 17.5 Å². The highest BCUT2D eigenvalue weighted by molar-refractivity contribution is 7.21. The normalized spacial score (nSPS) is 14.7. The molecule has 6 heteroatoms. The molecule has 2 N–H and O–H groups in total. The molecule has 17 heavy (non-hydrogen) atoms. The van der Waals surface area contributed by atoms with Gasteiger partial charge in [-0.15, -0.1) is 0 Å². The van der Waals surface area contributed by atoms with Crippen molar-refractivity contribution in [1.82, 2.24) is 9.61 Å². The van der Waals surface area contributed by atoms with Crippen LogP contribution in [0.4, 0.5) is 5.00 Å². The Morgan fingerprint density at radius 3 is 3.06 bits per heavy atom. The third-order valence-corrected chi connectivity index (χ3v) is 3.70. The van der Waals surface area contributed by atoms with E-state index in [2.05, 4.69) is 16.1 Å². The number of anilines is 1. The van der Waals surface area contributed by atoms with E-state index in [0.717, 1.165) is 16.4 Å². The largest absolute Gasteiger partial charge is 0.365 e. The molecule has 5 nitrogen and oxygen atoms in total. The maximum absolute atomic E-state index is 11.2. The Labute approximate surface area is 101 Å². The Kier molecular flexibility index (Phi) is 2.22. The van der Waals surface area contributed by atoms with Crippen LogP contribution in [0.2, 0.25) is 0 Å². The number of allylic oxidation sites excluding steroid dienone is 2. The lowest BCUT2D eigenvalue weighted by Gasteiger charge is -2.17. The molecule has 1 aliphatic rings. The molecular weight excluding hydrogens is 236 g/mol. The molecule has 0 fully saturated rings. The van der Waals surface area contributed by atoms with Crippen LogP contribution in [-0.2, 0) is 0 Å². The first-order chi connectivity index (χ1) is 8.25. The Balaban J connectivity index is 2.05. The topological polar surface area (TPSA) is 63.6 Å². The summed E-state index contributed by atoms with van der Waals surface area (Å²) in [5.74, 6) is -0.442. The summed E-state index contributed by atoms with van der Waals surface area (Å²) in [5, 5.41) is 5.15. The molecule has 0 saturated carbocycles. The zero-order chi connectivity index (χ0) is 11.8. The molecular formula is C11H10N4OS. The summed E-state index contributed by atoms with van der Waals surface area (Å²) in [7, 11) is 0. The fraction of sp³-hybridized carbons (Fsp3) is 0.0909. The van der Waals surface area contributed by atoms with Crippen molar-refractivity contribution >= 4 is 27.1 Å². The second-order valence-corrected chi connectivity index (χ2v) is 4.67. The van der Waals surface area contributed by atoms with E-state index in [1.54, 1.807) is 4.52 Å². The molecule has 0 saturated heterocycles. The van der Waals surface area contributed by atoms with Crippen molar-refractivity contribution in [2.45, 2.75) is 0 Å². The monoisotopic (exact) mass is 246 g/mol. The quantitative estimate of drug-likeness (QED) is 0.870. The zero-order valence-electron chi connectivity index (χ0n) is 8.91. The van der Waals surface area contributed by atoms with Gasteiger partial charge >= 0.3 is 0 Å². The van der Waals surface area contributed by atoms with Crippen LogP contribution < -0.4 is 10.6 Å². The first-order valence-electron chi connectivity index (χ1n) is 5.12. The number of aromatic nitrogens is 2. The predicted molar refractivity (Wildman–Crippen MR) is 67.2 cm³/mol. The summed E-state index contributed by atoms with van der Waals surface area (Å²) >= 11 is 1.51. The molecule has 0 radical (unpaired) electrons. The number of fused-ring (bicyclic) bond motifs is 1. The van der Waals surface area contributed by atoms with Crippen LogP contribution in [0, 0.1) is 0 Å². The van der Waals surface area contributed by atoms with Crippen molar-refractivity contribution in [2.24, 2.45) is 5.73 Å². The first kappa shape index (κ1) is 10.1. The molecule has 0 spiro atoms. The van der Waals surface area contributed by atoms with Gasteiger partial charge in [0.25, 0.3) is 5.91 Å². The predicted octanol–water partition coefficient (Wildman–Crippen LogP) is 1.38. The lowest BCUT2D eigenvalue weighted by atomic mass is 10.3. The smallest absolute Gasteiger partial charge is 0.253 e. The van der Waals surface area contributed by atoms with Crippen LogP contribution in [-0.4, -0.2) is 22.1 Å².